The minimum atomic E-state index is -0.557. The Morgan fingerprint density at radius 3 is 2.48 bits per heavy atom. The number of hydrogen-bond acceptors (Lipinski definition) is 3. The van der Waals surface area contributed by atoms with Gasteiger partial charge in [0.1, 0.15) is 5.82 Å². The summed E-state index contributed by atoms with van der Waals surface area (Å²) in [6.07, 6.45) is 0. The van der Waals surface area contributed by atoms with Crippen LogP contribution in [-0.2, 0) is 0 Å². The van der Waals surface area contributed by atoms with Crippen LogP contribution in [0.2, 0.25) is 0 Å². The summed E-state index contributed by atoms with van der Waals surface area (Å²) < 4.78 is 17.7. The SMILES string of the molecule is O=C(Nc1ccc(F)cc1)Nc1ccc2[nH]c(=O)oc2c1. The summed E-state index contributed by atoms with van der Waals surface area (Å²) in [5.74, 6) is -0.938. The lowest BCUT2D eigenvalue weighted by atomic mass is 10.3. The molecule has 0 radical (unpaired) electrons. The summed E-state index contributed by atoms with van der Waals surface area (Å²) in [5.41, 5.74) is 1.82. The molecular weight excluding hydrogens is 277 g/mol. The Bertz CT molecular complexity index is 852. The lowest BCUT2D eigenvalue weighted by molar-refractivity contribution is 0.262. The summed E-state index contributed by atoms with van der Waals surface area (Å²) in [7, 11) is 0. The van der Waals surface area contributed by atoms with Gasteiger partial charge in [-0.3, -0.25) is 4.98 Å². The number of carbonyl (C=O) groups is 1. The summed E-state index contributed by atoms with van der Waals surface area (Å²) in [6.45, 7) is 0. The van der Waals surface area contributed by atoms with E-state index in [1.165, 1.54) is 30.3 Å². The number of anilines is 2. The van der Waals surface area contributed by atoms with Gasteiger partial charge in [-0.25, -0.2) is 14.0 Å². The maximum absolute atomic E-state index is 12.8. The van der Waals surface area contributed by atoms with E-state index in [0.29, 0.717) is 22.5 Å². The van der Waals surface area contributed by atoms with Crippen LogP contribution >= 0.6 is 0 Å². The molecule has 0 bridgehead atoms. The normalized spacial score (nSPS) is 10.5. The molecule has 0 aliphatic heterocycles. The largest absolute Gasteiger partial charge is 0.417 e. The number of rotatable bonds is 2. The van der Waals surface area contributed by atoms with Crippen LogP contribution in [-0.4, -0.2) is 11.0 Å². The quantitative estimate of drug-likeness (QED) is 0.677. The molecule has 0 unspecified atom stereocenters. The molecule has 0 aliphatic rings. The monoisotopic (exact) mass is 287 g/mol. The molecule has 7 heteroatoms. The van der Waals surface area contributed by atoms with Crippen LogP contribution in [0.25, 0.3) is 11.1 Å². The number of amides is 2. The smallest absolute Gasteiger partial charge is 0.408 e. The Hall–Kier alpha value is -3.09. The zero-order chi connectivity index (χ0) is 14.8. The molecule has 1 heterocycles. The molecule has 1 aromatic heterocycles. The number of urea groups is 1. The van der Waals surface area contributed by atoms with Crippen LogP contribution in [0.1, 0.15) is 0 Å². The highest BCUT2D eigenvalue weighted by Crippen LogP contribution is 2.16. The summed E-state index contributed by atoms with van der Waals surface area (Å²) >= 11 is 0. The van der Waals surface area contributed by atoms with Gasteiger partial charge in [0.05, 0.1) is 5.52 Å². The molecule has 3 N–H and O–H groups in total. The number of benzene rings is 2. The number of aromatic nitrogens is 1. The average molecular weight is 287 g/mol. The van der Waals surface area contributed by atoms with Gasteiger partial charge in [0.2, 0.25) is 0 Å². The molecule has 106 valence electrons. The first-order valence-electron chi connectivity index (χ1n) is 6.06. The summed E-state index contributed by atoms with van der Waals surface area (Å²) in [6, 6.07) is 9.67. The maximum atomic E-state index is 12.8. The topological polar surface area (TPSA) is 87.1 Å². The first kappa shape index (κ1) is 12.9. The van der Waals surface area contributed by atoms with E-state index in [1.54, 1.807) is 12.1 Å². The Labute approximate surface area is 117 Å². The summed E-state index contributed by atoms with van der Waals surface area (Å²) in [5, 5.41) is 5.14. The number of hydrogen-bond donors (Lipinski definition) is 3. The highest BCUT2D eigenvalue weighted by atomic mass is 19.1. The molecule has 0 spiro atoms. The number of H-pyrrole nitrogens is 1. The van der Waals surface area contributed by atoms with Crippen molar-refractivity contribution in [3.8, 4) is 0 Å². The summed E-state index contributed by atoms with van der Waals surface area (Å²) in [4.78, 5) is 25.3. The third kappa shape index (κ3) is 2.92. The minimum absolute atomic E-state index is 0.347. The van der Waals surface area contributed by atoms with Crippen LogP contribution in [0.4, 0.5) is 20.6 Å². The lowest BCUT2D eigenvalue weighted by Crippen LogP contribution is -2.19. The molecule has 0 saturated carbocycles. The van der Waals surface area contributed by atoms with Crippen LogP contribution in [0.15, 0.2) is 51.7 Å². The first-order valence-corrected chi connectivity index (χ1v) is 6.06. The maximum Gasteiger partial charge on any atom is 0.417 e. The van der Waals surface area contributed by atoms with Gasteiger partial charge < -0.3 is 15.1 Å². The lowest BCUT2D eigenvalue weighted by Gasteiger charge is -2.07. The van der Waals surface area contributed by atoms with E-state index in [2.05, 4.69) is 15.6 Å². The zero-order valence-corrected chi connectivity index (χ0v) is 10.6. The second kappa shape index (κ2) is 5.12. The van der Waals surface area contributed by atoms with E-state index >= 15 is 0 Å². The highest BCUT2D eigenvalue weighted by Gasteiger charge is 2.06. The van der Waals surface area contributed by atoms with E-state index in [0.717, 1.165) is 0 Å². The average Bonchev–Trinajstić information content (AvgIpc) is 2.80. The van der Waals surface area contributed by atoms with Gasteiger partial charge in [0, 0.05) is 17.4 Å². The Morgan fingerprint density at radius 2 is 1.71 bits per heavy atom. The molecular formula is C14H10FN3O3. The van der Waals surface area contributed by atoms with Crippen LogP contribution in [0, 0.1) is 5.82 Å². The van der Waals surface area contributed by atoms with Crippen molar-refractivity contribution in [2.24, 2.45) is 0 Å². The van der Waals surface area contributed by atoms with E-state index in [-0.39, 0.29) is 5.82 Å². The van der Waals surface area contributed by atoms with Gasteiger partial charge >= 0.3 is 11.8 Å². The molecule has 0 fully saturated rings. The second-order valence-electron chi connectivity index (χ2n) is 4.31. The van der Waals surface area contributed by atoms with Gasteiger partial charge in [0.15, 0.2) is 5.58 Å². The number of aromatic amines is 1. The third-order valence-corrected chi connectivity index (χ3v) is 2.78. The van der Waals surface area contributed by atoms with Crippen LogP contribution in [0.5, 0.6) is 0 Å². The number of nitrogens with one attached hydrogen (secondary N) is 3. The van der Waals surface area contributed by atoms with Gasteiger partial charge in [-0.2, -0.15) is 0 Å². The van der Waals surface area contributed by atoms with Gasteiger partial charge in [-0.05, 0) is 36.4 Å². The Kier molecular flexibility index (Phi) is 3.15. The third-order valence-electron chi connectivity index (χ3n) is 2.78. The molecule has 0 saturated heterocycles. The van der Waals surface area contributed by atoms with Crippen molar-refractivity contribution in [3.63, 3.8) is 0 Å². The fourth-order valence-electron chi connectivity index (χ4n) is 1.85. The van der Waals surface area contributed by atoms with E-state index in [1.807, 2.05) is 0 Å². The predicted octanol–water partition coefficient (Wildman–Crippen LogP) is 2.90. The van der Waals surface area contributed by atoms with Crippen molar-refractivity contribution in [2.75, 3.05) is 10.6 Å². The molecule has 21 heavy (non-hydrogen) atoms. The van der Waals surface area contributed by atoms with Crippen molar-refractivity contribution in [2.45, 2.75) is 0 Å². The van der Waals surface area contributed by atoms with Crippen molar-refractivity contribution >= 4 is 28.5 Å². The molecule has 0 aliphatic carbocycles. The van der Waals surface area contributed by atoms with E-state index < -0.39 is 11.8 Å². The molecule has 3 rings (SSSR count). The fourth-order valence-corrected chi connectivity index (χ4v) is 1.85. The van der Waals surface area contributed by atoms with Crippen molar-refractivity contribution in [1.29, 1.82) is 0 Å². The first-order chi connectivity index (χ1) is 10.1. The zero-order valence-electron chi connectivity index (χ0n) is 10.6. The molecule has 0 atom stereocenters. The minimum Gasteiger partial charge on any atom is -0.408 e. The van der Waals surface area contributed by atoms with Gasteiger partial charge in [-0.1, -0.05) is 0 Å². The molecule has 2 aromatic carbocycles. The van der Waals surface area contributed by atoms with Gasteiger partial charge in [0.25, 0.3) is 0 Å². The van der Waals surface area contributed by atoms with Crippen molar-refractivity contribution in [1.82, 2.24) is 4.98 Å². The van der Waals surface area contributed by atoms with Crippen molar-refractivity contribution < 1.29 is 13.6 Å². The number of carbonyl (C=O) groups excluding carboxylic acids is 1. The van der Waals surface area contributed by atoms with Crippen molar-refractivity contribution in [3.05, 3.63) is 58.8 Å². The Balaban J connectivity index is 1.73. The predicted molar refractivity (Wildman–Crippen MR) is 75.9 cm³/mol. The fraction of sp³-hybridized carbons (Fsp3) is 0. The molecule has 2 amide bonds. The molecule has 3 aromatic rings. The van der Waals surface area contributed by atoms with Crippen LogP contribution < -0.4 is 16.4 Å². The number of oxazole rings is 1. The number of fused-ring (bicyclic) bond motifs is 1. The number of halogens is 1. The van der Waals surface area contributed by atoms with E-state index in [4.69, 9.17) is 4.42 Å². The second-order valence-corrected chi connectivity index (χ2v) is 4.31. The van der Waals surface area contributed by atoms with Gasteiger partial charge in [-0.15, -0.1) is 0 Å². The standard InChI is InChI=1S/C14H10FN3O3/c15-8-1-3-9(4-2-8)16-13(19)17-10-5-6-11-12(7-10)21-14(20)18-11/h1-7H,(H,18,20)(H2,16,17,19). The molecule has 6 nitrogen and oxygen atoms in total. The van der Waals surface area contributed by atoms with Crippen LogP contribution in [0.3, 0.4) is 0 Å². The highest BCUT2D eigenvalue weighted by molar-refractivity contribution is 6.00. The van der Waals surface area contributed by atoms with E-state index in [9.17, 15) is 14.0 Å². The Morgan fingerprint density at radius 1 is 1.05 bits per heavy atom.